The second-order valence-electron chi connectivity index (χ2n) is 4.60. The van der Waals surface area contributed by atoms with Crippen molar-refractivity contribution in [3.05, 3.63) is 24.3 Å². The van der Waals surface area contributed by atoms with E-state index in [0.717, 1.165) is 0 Å². The van der Waals surface area contributed by atoms with Crippen LogP contribution < -0.4 is 10.2 Å². The molecule has 1 aliphatic rings. The number of esters is 1. The van der Waals surface area contributed by atoms with E-state index in [0.29, 0.717) is 11.4 Å². The van der Waals surface area contributed by atoms with Crippen LogP contribution in [0.3, 0.4) is 0 Å². The molecule has 0 aliphatic carbocycles. The number of nitrogens with one attached hydrogen (secondary N) is 1. The number of nitrogens with zero attached hydrogens (tertiary/aromatic N) is 1. The molecule has 0 radical (unpaired) electrons. The van der Waals surface area contributed by atoms with Crippen molar-refractivity contribution >= 4 is 29.3 Å². The normalized spacial score (nSPS) is 17.5. The number of carbonyl (C=O) groups excluding carboxylic acids is 3. The number of methoxy groups -OCH3 is 2. The molecule has 0 bridgehead atoms. The van der Waals surface area contributed by atoms with Crippen molar-refractivity contribution in [1.29, 1.82) is 0 Å². The smallest absolute Gasteiger partial charge is 0.411 e. The Bertz CT molecular complexity index is 572. The lowest BCUT2D eigenvalue weighted by atomic mass is 10.1. The van der Waals surface area contributed by atoms with E-state index in [1.54, 1.807) is 24.3 Å². The molecule has 7 heteroatoms. The summed E-state index contributed by atoms with van der Waals surface area (Å²) in [5.41, 5.74) is 1.12. The molecule has 0 aromatic heterocycles. The fourth-order valence-electron chi connectivity index (χ4n) is 2.20. The maximum Gasteiger partial charge on any atom is 0.411 e. The third kappa shape index (κ3) is 3.31. The van der Waals surface area contributed by atoms with Gasteiger partial charge in [0.25, 0.3) is 0 Å². The van der Waals surface area contributed by atoms with Gasteiger partial charge in [-0.15, -0.1) is 0 Å². The highest BCUT2D eigenvalue weighted by Gasteiger charge is 2.35. The van der Waals surface area contributed by atoms with Gasteiger partial charge in [0.1, 0.15) is 0 Å². The van der Waals surface area contributed by atoms with Crippen LogP contribution in [-0.4, -0.2) is 38.7 Å². The van der Waals surface area contributed by atoms with Gasteiger partial charge in [-0.05, 0) is 18.2 Å². The summed E-state index contributed by atoms with van der Waals surface area (Å²) in [5, 5.41) is 2.52. The van der Waals surface area contributed by atoms with E-state index in [1.807, 2.05) is 0 Å². The quantitative estimate of drug-likeness (QED) is 0.851. The van der Waals surface area contributed by atoms with E-state index in [4.69, 9.17) is 0 Å². The molecule has 7 nitrogen and oxygen atoms in total. The zero-order valence-electron chi connectivity index (χ0n) is 11.8. The minimum Gasteiger partial charge on any atom is -0.469 e. The first-order chi connectivity index (χ1) is 10.0. The molecule has 1 unspecified atom stereocenters. The van der Waals surface area contributed by atoms with Crippen LogP contribution in [0, 0.1) is 5.92 Å². The van der Waals surface area contributed by atoms with Gasteiger partial charge in [-0.25, -0.2) is 4.79 Å². The van der Waals surface area contributed by atoms with Gasteiger partial charge in [-0.2, -0.15) is 0 Å². The SMILES string of the molecule is COC(=O)Nc1cccc(N2CC(C(=O)OC)CC2=O)c1. The van der Waals surface area contributed by atoms with Crippen molar-refractivity contribution < 1.29 is 23.9 Å². The number of hydrogen-bond acceptors (Lipinski definition) is 5. The molecule has 1 saturated heterocycles. The monoisotopic (exact) mass is 292 g/mol. The molecule has 112 valence electrons. The van der Waals surface area contributed by atoms with E-state index in [2.05, 4.69) is 14.8 Å². The lowest BCUT2D eigenvalue weighted by Gasteiger charge is -2.17. The van der Waals surface area contributed by atoms with Gasteiger partial charge in [0, 0.05) is 24.3 Å². The maximum atomic E-state index is 12.0. The number of benzene rings is 1. The van der Waals surface area contributed by atoms with Crippen LogP contribution in [0.15, 0.2) is 24.3 Å². The summed E-state index contributed by atoms with van der Waals surface area (Å²) in [4.78, 5) is 36.2. The number of rotatable bonds is 3. The fourth-order valence-corrected chi connectivity index (χ4v) is 2.20. The van der Waals surface area contributed by atoms with Crippen LogP contribution in [0.25, 0.3) is 0 Å². The summed E-state index contributed by atoms with van der Waals surface area (Å²) in [6.07, 6.45) is -0.464. The fraction of sp³-hybridized carbons (Fsp3) is 0.357. The van der Waals surface area contributed by atoms with Crippen LogP contribution in [0.5, 0.6) is 0 Å². The van der Waals surface area contributed by atoms with Gasteiger partial charge in [-0.3, -0.25) is 14.9 Å². The molecule has 1 aromatic carbocycles. The highest BCUT2D eigenvalue weighted by atomic mass is 16.5. The molecule has 1 heterocycles. The molecule has 1 N–H and O–H groups in total. The molecular formula is C14H16N2O5. The van der Waals surface area contributed by atoms with E-state index >= 15 is 0 Å². The summed E-state index contributed by atoms with van der Waals surface area (Å²) in [6, 6.07) is 6.77. The van der Waals surface area contributed by atoms with Crippen molar-refractivity contribution in [2.75, 3.05) is 31.0 Å². The third-order valence-corrected chi connectivity index (χ3v) is 3.25. The van der Waals surface area contributed by atoms with Gasteiger partial charge in [0.15, 0.2) is 0 Å². The molecular weight excluding hydrogens is 276 g/mol. The standard InChI is InChI=1S/C14H16N2O5/c1-20-13(18)9-6-12(17)16(8-9)11-5-3-4-10(7-11)15-14(19)21-2/h3-5,7,9H,6,8H2,1-2H3,(H,15,19). The van der Waals surface area contributed by atoms with E-state index in [1.165, 1.54) is 19.1 Å². The minimum absolute atomic E-state index is 0.126. The van der Waals surface area contributed by atoms with Gasteiger partial charge in [0.2, 0.25) is 5.91 Å². The second-order valence-corrected chi connectivity index (χ2v) is 4.60. The Morgan fingerprint density at radius 3 is 2.71 bits per heavy atom. The first kappa shape index (κ1) is 14.8. The van der Waals surface area contributed by atoms with Crippen molar-refractivity contribution in [3.8, 4) is 0 Å². The lowest BCUT2D eigenvalue weighted by Crippen LogP contribution is -2.26. The van der Waals surface area contributed by atoms with Crippen molar-refractivity contribution in [2.24, 2.45) is 5.92 Å². The zero-order valence-corrected chi connectivity index (χ0v) is 11.8. The van der Waals surface area contributed by atoms with Gasteiger partial charge < -0.3 is 14.4 Å². The number of anilines is 2. The average molecular weight is 292 g/mol. The average Bonchev–Trinajstić information content (AvgIpc) is 2.88. The van der Waals surface area contributed by atoms with Crippen molar-refractivity contribution in [2.45, 2.75) is 6.42 Å². The Morgan fingerprint density at radius 2 is 2.05 bits per heavy atom. The van der Waals surface area contributed by atoms with Crippen molar-refractivity contribution in [3.63, 3.8) is 0 Å². The van der Waals surface area contributed by atoms with Crippen LogP contribution in [0.4, 0.5) is 16.2 Å². The molecule has 0 saturated carbocycles. The minimum atomic E-state index is -0.590. The van der Waals surface area contributed by atoms with Gasteiger partial charge in [0.05, 0.1) is 20.1 Å². The summed E-state index contributed by atoms with van der Waals surface area (Å²) >= 11 is 0. The summed E-state index contributed by atoms with van der Waals surface area (Å²) < 4.78 is 9.18. The van der Waals surface area contributed by atoms with Crippen LogP contribution in [0.2, 0.25) is 0 Å². The van der Waals surface area contributed by atoms with Crippen LogP contribution in [0.1, 0.15) is 6.42 Å². The second kappa shape index (κ2) is 6.25. The Hall–Kier alpha value is -2.57. The number of ether oxygens (including phenoxy) is 2. The molecule has 2 rings (SSSR count). The van der Waals surface area contributed by atoms with Crippen LogP contribution >= 0.6 is 0 Å². The number of carbonyl (C=O) groups is 3. The third-order valence-electron chi connectivity index (χ3n) is 3.25. The van der Waals surface area contributed by atoms with Crippen LogP contribution in [-0.2, 0) is 19.1 Å². The summed E-state index contributed by atoms with van der Waals surface area (Å²) in [7, 11) is 2.57. The van der Waals surface area contributed by atoms with Crippen molar-refractivity contribution in [1.82, 2.24) is 0 Å². The Balaban J connectivity index is 2.15. The molecule has 2 amide bonds. The molecule has 1 aromatic rings. The first-order valence-electron chi connectivity index (χ1n) is 6.38. The molecule has 1 fully saturated rings. The summed E-state index contributed by atoms with van der Waals surface area (Å²) in [6.45, 7) is 0.271. The van der Waals surface area contributed by atoms with E-state index < -0.39 is 18.0 Å². The molecule has 1 aliphatic heterocycles. The van der Waals surface area contributed by atoms with E-state index in [9.17, 15) is 14.4 Å². The number of amides is 2. The molecule has 21 heavy (non-hydrogen) atoms. The highest BCUT2D eigenvalue weighted by Crippen LogP contribution is 2.27. The highest BCUT2D eigenvalue weighted by molar-refractivity contribution is 6.00. The summed E-state index contributed by atoms with van der Waals surface area (Å²) in [5.74, 6) is -1.00. The zero-order chi connectivity index (χ0) is 15.4. The Labute approximate surface area is 121 Å². The number of hydrogen-bond donors (Lipinski definition) is 1. The molecule has 0 spiro atoms. The predicted octanol–water partition coefficient (Wildman–Crippen LogP) is 1.39. The van der Waals surface area contributed by atoms with Gasteiger partial charge >= 0.3 is 12.1 Å². The Kier molecular flexibility index (Phi) is 4.42. The predicted molar refractivity (Wildman–Crippen MR) is 74.9 cm³/mol. The maximum absolute atomic E-state index is 12.0. The molecule has 1 atom stereocenters. The first-order valence-corrected chi connectivity index (χ1v) is 6.38. The Morgan fingerprint density at radius 1 is 1.29 bits per heavy atom. The van der Waals surface area contributed by atoms with E-state index in [-0.39, 0.29) is 18.9 Å². The largest absolute Gasteiger partial charge is 0.469 e. The van der Waals surface area contributed by atoms with Gasteiger partial charge in [-0.1, -0.05) is 6.07 Å². The lowest BCUT2D eigenvalue weighted by molar-refractivity contribution is -0.145. The topological polar surface area (TPSA) is 84.9 Å².